The van der Waals surface area contributed by atoms with Crippen LogP contribution < -0.4 is 5.32 Å². The maximum atomic E-state index is 11.2. The van der Waals surface area contributed by atoms with Crippen LogP contribution in [0.3, 0.4) is 0 Å². The lowest BCUT2D eigenvalue weighted by Gasteiger charge is -2.02. The molecule has 0 heterocycles. The van der Waals surface area contributed by atoms with E-state index in [4.69, 9.17) is 6.42 Å². The molecule has 1 aromatic carbocycles. The second kappa shape index (κ2) is 6.70. The summed E-state index contributed by atoms with van der Waals surface area (Å²) in [6.45, 7) is 0.244. The van der Waals surface area contributed by atoms with Crippen molar-refractivity contribution in [1.29, 1.82) is 0 Å². The summed E-state index contributed by atoms with van der Waals surface area (Å²) in [5.41, 5.74) is 0.606. The molecular weight excluding hydrogens is 222 g/mol. The predicted octanol–water partition coefficient (Wildman–Crippen LogP) is 1.34. The molecule has 0 spiro atoms. The van der Waals surface area contributed by atoms with E-state index in [1.165, 1.54) is 11.8 Å². The van der Waals surface area contributed by atoms with Crippen LogP contribution in [-0.2, 0) is 4.79 Å². The second-order valence-corrected chi connectivity index (χ2v) is 4.01. The van der Waals surface area contributed by atoms with Crippen LogP contribution in [0.4, 0.5) is 0 Å². The molecule has 0 aliphatic rings. The lowest BCUT2D eigenvalue weighted by Crippen LogP contribution is -2.25. The molecule has 1 rings (SSSR count). The molecule has 16 heavy (non-hydrogen) atoms. The van der Waals surface area contributed by atoms with Gasteiger partial charge in [-0.1, -0.05) is 18.1 Å². The SMILES string of the molecule is C#CCNC(=O)CSc1cccc(C=O)c1. The number of nitrogens with one attached hydrogen (secondary N) is 1. The molecule has 0 unspecified atom stereocenters. The van der Waals surface area contributed by atoms with Gasteiger partial charge in [-0.3, -0.25) is 9.59 Å². The summed E-state index contributed by atoms with van der Waals surface area (Å²) >= 11 is 1.37. The highest BCUT2D eigenvalue weighted by Gasteiger charge is 2.01. The van der Waals surface area contributed by atoms with E-state index in [9.17, 15) is 9.59 Å². The van der Waals surface area contributed by atoms with Gasteiger partial charge in [0.05, 0.1) is 12.3 Å². The molecule has 0 fully saturated rings. The number of amides is 1. The zero-order valence-corrected chi connectivity index (χ0v) is 9.42. The van der Waals surface area contributed by atoms with Crippen molar-refractivity contribution in [2.75, 3.05) is 12.3 Å². The Kier molecular flexibility index (Phi) is 5.17. The number of aldehydes is 1. The summed E-state index contributed by atoms with van der Waals surface area (Å²) in [5, 5.41) is 2.57. The third kappa shape index (κ3) is 4.20. The molecule has 0 aliphatic heterocycles. The predicted molar refractivity (Wildman–Crippen MR) is 64.4 cm³/mol. The van der Waals surface area contributed by atoms with Crippen LogP contribution >= 0.6 is 11.8 Å². The lowest BCUT2D eigenvalue weighted by molar-refractivity contribution is -0.118. The van der Waals surface area contributed by atoms with Crippen molar-refractivity contribution in [3.05, 3.63) is 29.8 Å². The number of carbonyl (C=O) groups is 2. The summed E-state index contributed by atoms with van der Waals surface area (Å²) in [7, 11) is 0. The van der Waals surface area contributed by atoms with Crippen LogP contribution in [0.15, 0.2) is 29.2 Å². The van der Waals surface area contributed by atoms with E-state index < -0.39 is 0 Å². The molecule has 3 nitrogen and oxygen atoms in total. The molecule has 82 valence electrons. The van der Waals surface area contributed by atoms with E-state index in [0.29, 0.717) is 11.3 Å². The summed E-state index contributed by atoms with van der Waals surface area (Å²) in [6.07, 6.45) is 5.79. The molecular formula is C12H11NO2S. The van der Waals surface area contributed by atoms with E-state index in [2.05, 4.69) is 11.2 Å². The summed E-state index contributed by atoms with van der Waals surface area (Å²) in [6, 6.07) is 7.10. The van der Waals surface area contributed by atoms with Crippen molar-refractivity contribution >= 4 is 24.0 Å². The fourth-order valence-corrected chi connectivity index (χ4v) is 1.82. The van der Waals surface area contributed by atoms with Gasteiger partial charge < -0.3 is 5.32 Å². The standard InChI is InChI=1S/C12H11NO2S/c1-2-6-13-12(15)9-16-11-5-3-4-10(7-11)8-14/h1,3-5,7-8H,6,9H2,(H,13,15). The van der Waals surface area contributed by atoms with Gasteiger partial charge >= 0.3 is 0 Å². The van der Waals surface area contributed by atoms with E-state index in [0.717, 1.165) is 11.2 Å². The molecule has 0 aromatic heterocycles. The Hall–Kier alpha value is -1.73. The van der Waals surface area contributed by atoms with Gasteiger partial charge in [0.25, 0.3) is 0 Å². The Bertz CT molecular complexity index is 423. The van der Waals surface area contributed by atoms with E-state index in [-0.39, 0.29) is 12.5 Å². The number of thioether (sulfide) groups is 1. The number of hydrogen-bond acceptors (Lipinski definition) is 3. The smallest absolute Gasteiger partial charge is 0.231 e. The first kappa shape index (κ1) is 12.3. The fourth-order valence-electron chi connectivity index (χ4n) is 1.03. The van der Waals surface area contributed by atoms with Gasteiger partial charge in [0.2, 0.25) is 5.91 Å². The highest BCUT2D eigenvalue weighted by atomic mass is 32.2. The van der Waals surface area contributed by atoms with Crippen LogP contribution in [0.2, 0.25) is 0 Å². The van der Waals surface area contributed by atoms with E-state index in [1.54, 1.807) is 18.2 Å². The van der Waals surface area contributed by atoms with Gasteiger partial charge in [-0.15, -0.1) is 18.2 Å². The summed E-state index contributed by atoms with van der Waals surface area (Å²) < 4.78 is 0. The minimum atomic E-state index is -0.112. The van der Waals surface area contributed by atoms with Gasteiger partial charge in [0, 0.05) is 10.5 Å². The second-order valence-electron chi connectivity index (χ2n) is 2.96. The topological polar surface area (TPSA) is 46.2 Å². The Labute approximate surface area is 98.6 Å². The average Bonchev–Trinajstić information content (AvgIpc) is 2.34. The highest BCUT2D eigenvalue weighted by molar-refractivity contribution is 8.00. The number of rotatable bonds is 5. The monoisotopic (exact) mass is 233 g/mol. The maximum Gasteiger partial charge on any atom is 0.231 e. The Balaban J connectivity index is 2.45. The summed E-state index contributed by atoms with van der Waals surface area (Å²) in [4.78, 5) is 22.6. The zero-order chi connectivity index (χ0) is 11.8. The lowest BCUT2D eigenvalue weighted by atomic mass is 10.2. The van der Waals surface area contributed by atoms with Crippen LogP contribution in [-0.4, -0.2) is 24.5 Å². The average molecular weight is 233 g/mol. The van der Waals surface area contributed by atoms with Crippen molar-refractivity contribution in [1.82, 2.24) is 5.32 Å². The van der Waals surface area contributed by atoms with Gasteiger partial charge in [0.1, 0.15) is 6.29 Å². The Morgan fingerprint density at radius 1 is 1.56 bits per heavy atom. The Morgan fingerprint density at radius 2 is 2.38 bits per heavy atom. The van der Waals surface area contributed by atoms with Crippen LogP contribution in [0.5, 0.6) is 0 Å². The van der Waals surface area contributed by atoms with Crippen molar-refractivity contribution in [2.45, 2.75) is 4.90 Å². The van der Waals surface area contributed by atoms with Crippen molar-refractivity contribution in [3.8, 4) is 12.3 Å². The highest BCUT2D eigenvalue weighted by Crippen LogP contribution is 2.18. The maximum absolute atomic E-state index is 11.2. The van der Waals surface area contributed by atoms with Crippen LogP contribution in [0, 0.1) is 12.3 Å². The zero-order valence-electron chi connectivity index (χ0n) is 8.60. The number of hydrogen-bond donors (Lipinski definition) is 1. The normalized spacial score (nSPS) is 9.19. The van der Waals surface area contributed by atoms with Crippen LogP contribution in [0.1, 0.15) is 10.4 Å². The summed E-state index contributed by atoms with van der Waals surface area (Å²) in [5.74, 6) is 2.51. The molecule has 4 heteroatoms. The van der Waals surface area contributed by atoms with Crippen molar-refractivity contribution in [3.63, 3.8) is 0 Å². The number of carbonyl (C=O) groups excluding carboxylic acids is 2. The number of terminal acetylenes is 1. The molecule has 1 aromatic rings. The van der Waals surface area contributed by atoms with Crippen molar-refractivity contribution < 1.29 is 9.59 Å². The minimum absolute atomic E-state index is 0.112. The van der Waals surface area contributed by atoms with Gasteiger partial charge in [-0.2, -0.15) is 0 Å². The van der Waals surface area contributed by atoms with Gasteiger partial charge in [-0.25, -0.2) is 0 Å². The van der Waals surface area contributed by atoms with Gasteiger partial charge in [0.15, 0.2) is 0 Å². The molecule has 1 amide bonds. The first-order valence-electron chi connectivity index (χ1n) is 4.64. The largest absolute Gasteiger partial charge is 0.344 e. The molecule has 0 saturated heterocycles. The molecule has 1 N–H and O–H groups in total. The quantitative estimate of drug-likeness (QED) is 0.474. The minimum Gasteiger partial charge on any atom is -0.344 e. The molecule has 0 bridgehead atoms. The fraction of sp³-hybridized carbons (Fsp3) is 0.167. The first-order chi connectivity index (χ1) is 7.76. The van der Waals surface area contributed by atoms with E-state index >= 15 is 0 Å². The Morgan fingerprint density at radius 3 is 3.06 bits per heavy atom. The molecule has 0 radical (unpaired) electrons. The van der Waals surface area contributed by atoms with E-state index in [1.807, 2.05) is 6.07 Å². The third-order valence-corrected chi connectivity index (χ3v) is 2.75. The first-order valence-corrected chi connectivity index (χ1v) is 5.63. The van der Waals surface area contributed by atoms with Crippen molar-refractivity contribution in [2.24, 2.45) is 0 Å². The number of benzene rings is 1. The molecule has 0 saturated carbocycles. The van der Waals surface area contributed by atoms with Gasteiger partial charge in [-0.05, 0) is 12.1 Å². The molecule has 0 atom stereocenters. The van der Waals surface area contributed by atoms with Crippen LogP contribution in [0.25, 0.3) is 0 Å². The third-order valence-electron chi connectivity index (χ3n) is 1.75. The molecule has 0 aliphatic carbocycles.